The molecule has 1 aromatic heterocycles. The second-order valence-electron chi connectivity index (χ2n) is 9.51. The van der Waals surface area contributed by atoms with Gasteiger partial charge >= 0.3 is 17.9 Å². The van der Waals surface area contributed by atoms with Gasteiger partial charge in [-0.25, -0.2) is 35.9 Å². The minimum absolute atomic E-state index is 0.0764. The number of carbonyl (C=O) groups is 4. The predicted octanol–water partition coefficient (Wildman–Crippen LogP) is -0.580. The quantitative estimate of drug-likeness (QED) is 0.121. The van der Waals surface area contributed by atoms with Crippen molar-refractivity contribution >= 4 is 55.2 Å². The average molecular weight is 672 g/mol. The van der Waals surface area contributed by atoms with Gasteiger partial charge in [0, 0.05) is 38.4 Å². The van der Waals surface area contributed by atoms with Crippen molar-refractivity contribution in [2.24, 2.45) is 0 Å². The lowest BCUT2D eigenvalue weighted by molar-refractivity contribution is -0.181. The van der Waals surface area contributed by atoms with Crippen LogP contribution in [0.2, 0.25) is 0 Å². The number of ether oxygens (including phenoxy) is 4. The molecule has 3 N–H and O–H groups in total. The van der Waals surface area contributed by atoms with Crippen LogP contribution in [0.5, 0.6) is 0 Å². The highest BCUT2D eigenvalue weighted by molar-refractivity contribution is 7.94. The minimum Gasteiger partial charge on any atom is -0.450 e. The summed E-state index contributed by atoms with van der Waals surface area (Å²) in [4.78, 5) is 48.5. The number of hydrogen-bond acceptors (Lipinski definition) is 15. The standard InChI is InChI=1S/C24H37N3O13S3/c1-7-25-18-12-27(9-8-10-37-6)43(35,36)24-17(18)11-19(41-24)42(33,34)26-20(29)14(3)38-22(31)16(5)40-23(32)15(4)39-21(30)13(2)28/h11,13-16,18,25,28H,7-10,12H2,1-6H3,(H,26,29)/t13-,14-,15-,16-,18-/m0/s1. The number of hydrogen-bond donors (Lipinski definition) is 3. The van der Waals surface area contributed by atoms with Crippen LogP contribution in [0.1, 0.15) is 52.6 Å². The molecule has 43 heavy (non-hydrogen) atoms. The van der Waals surface area contributed by atoms with Crippen LogP contribution in [0.15, 0.2) is 14.5 Å². The van der Waals surface area contributed by atoms with Gasteiger partial charge in [0.15, 0.2) is 18.3 Å². The first-order valence-corrected chi connectivity index (χ1v) is 16.9. The number of nitrogens with one attached hydrogen (secondary N) is 2. The first-order valence-electron chi connectivity index (χ1n) is 13.2. The second-order valence-corrected chi connectivity index (χ2v) is 14.6. The fourth-order valence-electron chi connectivity index (χ4n) is 3.71. The van der Waals surface area contributed by atoms with E-state index < -0.39 is 78.5 Å². The molecule has 0 unspecified atom stereocenters. The van der Waals surface area contributed by atoms with Crippen molar-refractivity contribution in [1.29, 1.82) is 0 Å². The third kappa shape index (κ3) is 9.40. The number of sulfonamides is 2. The Hall–Kier alpha value is -2.68. The Kier molecular flexibility index (Phi) is 13.0. The Balaban J connectivity index is 2.12. The van der Waals surface area contributed by atoms with E-state index in [-0.39, 0.29) is 22.9 Å². The van der Waals surface area contributed by atoms with E-state index in [1.807, 2.05) is 6.92 Å². The van der Waals surface area contributed by atoms with Gasteiger partial charge in [0.2, 0.25) is 0 Å². The Labute approximate surface area is 254 Å². The maximum absolute atomic E-state index is 13.3. The molecule has 0 bridgehead atoms. The molecule has 0 saturated heterocycles. The van der Waals surface area contributed by atoms with Gasteiger partial charge in [0.25, 0.3) is 26.0 Å². The molecule has 19 heteroatoms. The van der Waals surface area contributed by atoms with E-state index in [4.69, 9.17) is 19.3 Å². The first-order chi connectivity index (χ1) is 20.0. The molecule has 1 aliphatic rings. The molecule has 1 aromatic rings. The summed E-state index contributed by atoms with van der Waals surface area (Å²) in [7, 11) is -7.12. The van der Waals surface area contributed by atoms with Gasteiger partial charge in [-0.1, -0.05) is 6.92 Å². The van der Waals surface area contributed by atoms with Crippen molar-refractivity contribution in [3.8, 4) is 0 Å². The van der Waals surface area contributed by atoms with Crippen molar-refractivity contribution in [2.45, 2.75) is 79.9 Å². The van der Waals surface area contributed by atoms with E-state index in [1.54, 1.807) is 4.72 Å². The first kappa shape index (κ1) is 36.5. The number of nitrogens with zero attached hydrogens (tertiary/aromatic N) is 1. The Morgan fingerprint density at radius 2 is 1.60 bits per heavy atom. The number of aliphatic hydroxyl groups excluding tert-OH is 1. The molecule has 1 amide bonds. The lowest BCUT2D eigenvalue weighted by atomic mass is 10.1. The number of esters is 3. The molecule has 0 saturated carbocycles. The van der Waals surface area contributed by atoms with Gasteiger partial charge < -0.3 is 29.4 Å². The zero-order valence-corrected chi connectivity index (χ0v) is 27.0. The monoisotopic (exact) mass is 671 g/mol. The predicted molar refractivity (Wildman–Crippen MR) is 150 cm³/mol. The van der Waals surface area contributed by atoms with Gasteiger partial charge in [0.1, 0.15) is 14.5 Å². The highest BCUT2D eigenvalue weighted by Crippen LogP contribution is 2.40. The Morgan fingerprint density at radius 3 is 2.14 bits per heavy atom. The zero-order chi connectivity index (χ0) is 32.7. The normalized spacial score (nSPS) is 19.3. The van der Waals surface area contributed by atoms with Crippen molar-refractivity contribution in [3.63, 3.8) is 0 Å². The molecule has 0 aromatic carbocycles. The fourth-order valence-corrected chi connectivity index (χ4v) is 8.63. The lowest BCUT2D eigenvalue weighted by Gasteiger charge is -2.32. The van der Waals surface area contributed by atoms with E-state index >= 15 is 0 Å². The maximum Gasteiger partial charge on any atom is 0.347 e. The van der Waals surface area contributed by atoms with Crippen molar-refractivity contribution in [3.05, 3.63) is 11.6 Å². The molecule has 1 aliphatic heterocycles. The maximum atomic E-state index is 13.3. The van der Waals surface area contributed by atoms with Gasteiger partial charge in [-0.3, -0.25) is 4.79 Å². The second kappa shape index (κ2) is 15.4. The number of aliphatic hydroxyl groups is 1. The largest absolute Gasteiger partial charge is 0.450 e. The van der Waals surface area contributed by atoms with E-state index in [0.717, 1.165) is 27.7 Å². The minimum atomic E-state index is -4.59. The molecular formula is C24H37N3O13S3. The molecule has 16 nitrogen and oxygen atoms in total. The van der Waals surface area contributed by atoms with Crippen molar-refractivity contribution in [2.75, 3.05) is 33.4 Å². The summed E-state index contributed by atoms with van der Waals surface area (Å²) in [5.74, 6) is -4.68. The number of methoxy groups -OCH3 is 1. The van der Waals surface area contributed by atoms with Gasteiger partial charge in [-0.2, -0.15) is 4.31 Å². The van der Waals surface area contributed by atoms with Crippen LogP contribution in [0.3, 0.4) is 0 Å². The van der Waals surface area contributed by atoms with E-state index in [9.17, 15) is 36.0 Å². The third-order valence-electron chi connectivity index (χ3n) is 6.00. The summed E-state index contributed by atoms with van der Waals surface area (Å²) in [5.41, 5.74) is 0.256. The summed E-state index contributed by atoms with van der Waals surface area (Å²) in [6.45, 7) is 7.34. The van der Waals surface area contributed by atoms with Gasteiger partial charge in [0.05, 0.1) is 0 Å². The Bertz CT molecular complexity index is 1390. The topological polar surface area (TPSA) is 221 Å². The van der Waals surface area contributed by atoms with Crippen molar-refractivity contribution < 1.29 is 60.1 Å². The molecule has 0 spiro atoms. The van der Waals surface area contributed by atoms with Crippen LogP contribution < -0.4 is 10.0 Å². The average Bonchev–Trinajstić information content (AvgIpc) is 3.39. The van der Waals surface area contributed by atoms with Crippen LogP contribution in [-0.4, -0.2) is 108 Å². The molecule has 0 fully saturated rings. The summed E-state index contributed by atoms with van der Waals surface area (Å²) in [6.07, 6.45) is -5.77. The molecule has 0 aliphatic carbocycles. The summed E-state index contributed by atoms with van der Waals surface area (Å²) < 4.78 is 74.5. The van der Waals surface area contributed by atoms with Gasteiger partial charge in [-0.05, 0) is 46.7 Å². The van der Waals surface area contributed by atoms with Crippen LogP contribution in [0, 0.1) is 0 Å². The van der Waals surface area contributed by atoms with Crippen LogP contribution in [-0.2, 0) is 58.2 Å². The zero-order valence-electron chi connectivity index (χ0n) is 24.5. The Morgan fingerprint density at radius 1 is 1.05 bits per heavy atom. The number of carbonyl (C=O) groups excluding carboxylic acids is 4. The summed E-state index contributed by atoms with van der Waals surface area (Å²) in [5, 5.41) is 12.3. The number of fused-ring (bicyclic) bond motifs is 1. The van der Waals surface area contributed by atoms with Crippen molar-refractivity contribution in [1.82, 2.24) is 14.3 Å². The van der Waals surface area contributed by atoms with E-state index in [0.29, 0.717) is 30.9 Å². The third-order valence-corrected chi connectivity index (χ3v) is 11.4. The van der Waals surface area contributed by atoms with E-state index in [2.05, 4.69) is 10.1 Å². The summed E-state index contributed by atoms with van der Waals surface area (Å²) >= 11 is 0.489. The fraction of sp³-hybridized carbons (Fsp3) is 0.667. The number of thiophene rings is 1. The molecule has 5 atom stereocenters. The smallest absolute Gasteiger partial charge is 0.347 e. The number of likely N-dealkylation sites (N-methyl/N-ethyl adjacent to an activating group) is 1. The van der Waals surface area contributed by atoms with Crippen LogP contribution in [0.4, 0.5) is 0 Å². The highest BCUT2D eigenvalue weighted by atomic mass is 32.3. The molecule has 2 heterocycles. The lowest BCUT2D eigenvalue weighted by Crippen LogP contribution is -2.43. The van der Waals surface area contributed by atoms with E-state index in [1.165, 1.54) is 17.5 Å². The highest BCUT2D eigenvalue weighted by Gasteiger charge is 2.40. The molecular weight excluding hydrogens is 634 g/mol. The van der Waals surface area contributed by atoms with Gasteiger partial charge in [-0.15, -0.1) is 11.3 Å². The van der Waals surface area contributed by atoms with Crippen LogP contribution in [0.25, 0.3) is 0 Å². The number of amides is 1. The molecule has 244 valence electrons. The SMILES string of the molecule is CCN[C@H]1CN(CCCOC)S(=O)(=O)c2sc(S(=O)(=O)NC(=O)[C@H](C)OC(=O)[C@H](C)OC(=O)[C@H](C)OC(=O)[C@H](C)O)cc21. The van der Waals surface area contributed by atoms with Crippen LogP contribution >= 0.6 is 11.3 Å². The summed E-state index contributed by atoms with van der Waals surface area (Å²) in [6, 6.07) is 0.695. The number of rotatable bonds is 15. The molecule has 2 rings (SSSR count). The molecule has 0 radical (unpaired) electrons.